The predicted molar refractivity (Wildman–Crippen MR) is 84.0 cm³/mol. The van der Waals surface area contributed by atoms with E-state index in [1.54, 1.807) is 12.1 Å². The van der Waals surface area contributed by atoms with Crippen molar-refractivity contribution in [1.29, 1.82) is 0 Å². The lowest BCUT2D eigenvalue weighted by atomic mass is 9.97. The van der Waals surface area contributed by atoms with E-state index in [0.29, 0.717) is 5.56 Å². The van der Waals surface area contributed by atoms with E-state index in [1.807, 2.05) is 66.7 Å². The Morgan fingerprint density at radius 2 is 1.24 bits per heavy atom. The van der Waals surface area contributed by atoms with Gasteiger partial charge in [0.15, 0.2) is 0 Å². The largest absolute Gasteiger partial charge is 0.277 e. The molecule has 3 nitrogen and oxygen atoms in total. The normalized spacial score (nSPS) is 10.3. The summed E-state index contributed by atoms with van der Waals surface area (Å²) in [4.78, 5) is 10.9. The lowest BCUT2D eigenvalue weighted by Gasteiger charge is -2.07. The van der Waals surface area contributed by atoms with Gasteiger partial charge in [0.05, 0.1) is 10.5 Å². The zero-order chi connectivity index (χ0) is 14.7. The molecule has 102 valence electrons. The molecule has 0 spiro atoms. The molecule has 3 aromatic carbocycles. The van der Waals surface area contributed by atoms with Crippen molar-refractivity contribution in [2.24, 2.45) is 0 Å². The molecular weight excluding hydrogens is 262 g/mol. The standard InChI is InChI=1S/C18H13NO2/c20-19(21)18-12-11-16(14-7-3-1-4-8-14)13-17(18)15-9-5-2-6-10-15/h1-13H. The van der Waals surface area contributed by atoms with Gasteiger partial charge in [-0.05, 0) is 28.8 Å². The van der Waals surface area contributed by atoms with Crippen molar-refractivity contribution in [3.63, 3.8) is 0 Å². The maximum absolute atomic E-state index is 11.2. The first-order chi connectivity index (χ1) is 10.3. The molecule has 0 aromatic heterocycles. The van der Waals surface area contributed by atoms with E-state index in [4.69, 9.17) is 0 Å². The fourth-order valence-electron chi connectivity index (χ4n) is 2.35. The molecule has 21 heavy (non-hydrogen) atoms. The highest BCUT2D eigenvalue weighted by molar-refractivity contribution is 5.79. The van der Waals surface area contributed by atoms with Crippen LogP contribution >= 0.6 is 0 Å². The fourth-order valence-corrected chi connectivity index (χ4v) is 2.35. The second-order valence-electron chi connectivity index (χ2n) is 4.72. The van der Waals surface area contributed by atoms with Gasteiger partial charge in [-0.25, -0.2) is 0 Å². The summed E-state index contributed by atoms with van der Waals surface area (Å²) < 4.78 is 0. The number of rotatable bonds is 3. The smallest absolute Gasteiger partial charge is 0.258 e. The van der Waals surface area contributed by atoms with Crippen molar-refractivity contribution >= 4 is 5.69 Å². The first kappa shape index (κ1) is 13.1. The van der Waals surface area contributed by atoms with Crippen LogP contribution in [-0.2, 0) is 0 Å². The minimum absolute atomic E-state index is 0.126. The fraction of sp³-hybridized carbons (Fsp3) is 0. The van der Waals surface area contributed by atoms with Gasteiger partial charge in [0.2, 0.25) is 0 Å². The molecule has 3 aromatic rings. The molecule has 0 radical (unpaired) electrons. The van der Waals surface area contributed by atoms with Crippen LogP contribution in [0.2, 0.25) is 0 Å². The molecule has 0 aliphatic rings. The molecule has 0 unspecified atom stereocenters. The second-order valence-corrected chi connectivity index (χ2v) is 4.72. The molecule has 3 heteroatoms. The molecule has 0 fully saturated rings. The number of hydrogen-bond donors (Lipinski definition) is 0. The number of nitro benzene ring substituents is 1. The molecule has 0 atom stereocenters. The minimum atomic E-state index is -0.336. The van der Waals surface area contributed by atoms with Gasteiger partial charge in [0.1, 0.15) is 0 Å². The molecule has 0 aliphatic heterocycles. The Kier molecular flexibility index (Phi) is 3.48. The molecule has 3 rings (SSSR count). The summed E-state index contributed by atoms with van der Waals surface area (Å²) in [6, 6.07) is 24.5. The molecular formula is C18H13NO2. The third-order valence-corrected chi connectivity index (χ3v) is 3.39. The van der Waals surface area contributed by atoms with Crippen molar-refractivity contribution < 1.29 is 4.92 Å². The Hall–Kier alpha value is -2.94. The Morgan fingerprint density at radius 3 is 1.81 bits per heavy atom. The predicted octanol–water partition coefficient (Wildman–Crippen LogP) is 4.93. The highest BCUT2D eigenvalue weighted by Gasteiger charge is 2.16. The summed E-state index contributed by atoms with van der Waals surface area (Å²) in [5, 5.41) is 11.2. The van der Waals surface area contributed by atoms with Gasteiger partial charge in [-0.1, -0.05) is 60.7 Å². The zero-order valence-corrected chi connectivity index (χ0v) is 11.3. The van der Waals surface area contributed by atoms with Crippen LogP contribution in [0.3, 0.4) is 0 Å². The Labute approximate surface area is 122 Å². The van der Waals surface area contributed by atoms with Crippen molar-refractivity contribution in [2.45, 2.75) is 0 Å². The van der Waals surface area contributed by atoms with E-state index in [1.165, 1.54) is 0 Å². The van der Waals surface area contributed by atoms with Gasteiger partial charge in [0, 0.05) is 6.07 Å². The third-order valence-electron chi connectivity index (χ3n) is 3.39. The lowest BCUT2D eigenvalue weighted by Crippen LogP contribution is -1.92. The van der Waals surface area contributed by atoms with E-state index in [0.717, 1.165) is 16.7 Å². The zero-order valence-electron chi connectivity index (χ0n) is 11.3. The number of nitro groups is 1. The first-order valence-electron chi connectivity index (χ1n) is 6.65. The number of hydrogen-bond acceptors (Lipinski definition) is 2. The van der Waals surface area contributed by atoms with Gasteiger partial charge in [-0.15, -0.1) is 0 Å². The van der Waals surface area contributed by atoms with Crippen molar-refractivity contribution in [2.75, 3.05) is 0 Å². The van der Waals surface area contributed by atoms with E-state index in [-0.39, 0.29) is 10.6 Å². The number of nitrogens with zero attached hydrogens (tertiary/aromatic N) is 1. The van der Waals surface area contributed by atoms with Gasteiger partial charge in [-0.3, -0.25) is 10.1 Å². The second kappa shape index (κ2) is 5.59. The molecule has 0 heterocycles. The van der Waals surface area contributed by atoms with Gasteiger partial charge in [0.25, 0.3) is 5.69 Å². The van der Waals surface area contributed by atoms with E-state index >= 15 is 0 Å². The molecule has 0 aliphatic carbocycles. The average molecular weight is 275 g/mol. The highest BCUT2D eigenvalue weighted by Crippen LogP contribution is 2.33. The van der Waals surface area contributed by atoms with Crippen LogP contribution in [0.25, 0.3) is 22.3 Å². The molecule has 0 bridgehead atoms. The quantitative estimate of drug-likeness (QED) is 0.502. The number of benzene rings is 3. The SMILES string of the molecule is O=[N+]([O-])c1ccc(-c2ccccc2)cc1-c1ccccc1. The van der Waals surface area contributed by atoms with E-state index in [2.05, 4.69) is 0 Å². The van der Waals surface area contributed by atoms with Crippen molar-refractivity contribution in [3.05, 3.63) is 89.0 Å². The third kappa shape index (κ3) is 2.67. The summed E-state index contributed by atoms with van der Waals surface area (Å²) in [7, 11) is 0. The van der Waals surface area contributed by atoms with Gasteiger partial charge >= 0.3 is 0 Å². The van der Waals surface area contributed by atoms with Gasteiger partial charge < -0.3 is 0 Å². The maximum atomic E-state index is 11.2. The molecule has 0 amide bonds. The summed E-state index contributed by atoms with van der Waals surface area (Å²) in [5.74, 6) is 0. The summed E-state index contributed by atoms with van der Waals surface area (Å²) in [6.45, 7) is 0. The average Bonchev–Trinajstić information content (AvgIpc) is 2.56. The van der Waals surface area contributed by atoms with Crippen molar-refractivity contribution in [1.82, 2.24) is 0 Å². The van der Waals surface area contributed by atoms with Crippen molar-refractivity contribution in [3.8, 4) is 22.3 Å². The van der Waals surface area contributed by atoms with Crippen LogP contribution < -0.4 is 0 Å². The van der Waals surface area contributed by atoms with Crippen LogP contribution in [0.1, 0.15) is 0 Å². The first-order valence-corrected chi connectivity index (χ1v) is 6.65. The van der Waals surface area contributed by atoms with Crippen LogP contribution in [0, 0.1) is 10.1 Å². The Morgan fingerprint density at radius 1 is 0.667 bits per heavy atom. The van der Waals surface area contributed by atoms with Crippen LogP contribution in [0.4, 0.5) is 5.69 Å². The Balaban J connectivity index is 2.18. The summed E-state index contributed by atoms with van der Waals surface area (Å²) in [6.07, 6.45) is 0. The van der Waals surface area contributed by atoms with E-state index < -0.39 is 0 Å². The van der Waals surface area contributed by atoms with Crippen LogP contribution in [0.5, 0.6) is 0 Å². The van der Waals surface area contributed by atoms with E-state index in [9.17, 15) is 10.1 Å². The maximum Gasteiger partial charge on any atom is 0.277 e. The molecule has 0 saturated heterocycles. The van der Waals surface area contributed by atoms with Crippen LogP contribution in [0.15, 0.2) is 78.9 Å². The van der Waals surface area contributed by atoms with Gasteiger partial charge in [-0.2, -0.15) is 0 Å². The summed E-state index contributed by atoms with van der Waals surface area (Å²) in [5.41, 5.74) is 3.63. The topological polar surface area (TPSA) is 43.1 Å². The lowest BCUT2D eigenvalue weighted by molar-refractivity contribution is -0.384. The minimum Gasteiger partial charge on any atom is -0.258 e. The highest BCUT2D eigenvalue weighted by atomic mass is 16.6. The Bertz CT molecular complexity index is 768. The monoisotopic (exact) mass is 275 g/mol. The molecule has 0 N–H and O–H groups in total. The molecule has 0 saturated carbocycles. The van der Waals surface area contributed by atoms with Crippen LogP contribution in [-0.4, -0.2) is 4.92 Å². The summed E-state index contributed by atoms with van der Waals surface area (Å²) >= 11 is 0.